The van der Waals surface area contributed by atoms with Crippen LogP contribution in [0, 0.1) is 11.6 Å². The first kappa shape index (κ1) is 29.7. The molecular formula is C28H33Cl3F2N2O2. The predicted molar refractivity (Wildman–Crippen MR) is 148 cm³/mol. The van der Waals surface area contributed by atoms with Gasteiger partial charge < -0.3 is 10.6 Å². The fourth-order valence-electron chi connectivity index (χ4n) is 5.41. The Balaban J connectivity index is 0.000000206. The molecule has 2 atom stereocenters. The fraction of sp³-hybridized carbons (Fsp3) is 0.500. The van der Waals surface area contributed by atoms with E-state index in [9.17, 15) is 18.4 Å². The van der Waals surface area contributed by atoms with Gasteiger partial charge in [0, 0.05) is 17.4 Å². The average molecular weight is 574 g/mol. The molecule has 4 rings (SSSR count). The van der Waals surface area contributed by atoms with Crippen LogP contribution in [0.1, 0.15) is 76.3 Å². The van der Waals surface area contributed by atoms with Crippen molar-refractivity contribution >= 4 is 58.0 Å². The van der Waals surface area contributed by atoms with Gasteiger partial charge in [-0.1, -0.05) is 38.3 Å². The van der Waals surface area contributed by atoms with Gasteiger partial charge in [-0.25, -0.2) is 8.78 Å². The number of benzene rings is 2. The van der Waals surface area contributed by atoms with Gasteiger partial charge in [-0.05, 0) is 80.0 Å². The molecule has 2 aliphatic rings. The molecule has 4 nitrogen and oxygen atoms in total. The molecule has 202 valence electrons. The van der Waals surface area contributed by atoms with Crippen molar-refractivity contribution in [1.82, 2.24) is 0 Å². The molecule has 0 fully saturated rings. The van der Waals surface area contributed by atoms with E-state index in [0.717, 1.165) is 43.4 Å². The lowest BCUT2D eigenvalue weighted by atomic mass is 9.75. The summed E-state index contributed by atoms with van der Waals surface area (Å²) in [5, 5.41) is 5.91. The number of hydrogen-bond donors (Lipinski definition) is 2. The van der Waals surface area contributed by atoms with E-state index < -0.39 is 16.6 Å². The molecule has 0 saturated carbocycles. The van der Waals surface area contributed by atoms with E-state index >= 15 is 0 Å². The summed E-state index contributed by atoms with van der Waals surface area (Å²) in [4.78, 5) is 24.5. The lowest BCUT2D eigenvalue weighted by molar-refractivity contribution is -0.122. The Labute approximate surface area is 232 Å². The van der Waals surface area contributed by atoms with E-state index in [1.807, 2.05) is 13.8 Å². The van der Waals surface area contributed by atoms with Gasteiger partial charge in [0.15, 0.2) is 0 Å². The number of rotatable bonds is 10. The molecule has 37 heavy (non-hydrogen) atoms. The molecular weight excluding hydrogens is 541 g/mol. The van der Waals surface area contributed by atoms with Crippen LogP contribution in [0.15, 0.2) is 30.3 Å². The van der Waals surface area contributed by atoms with Gasteiger partial charge in [-0.2, -0.15) is 0 Å². The Hall–Kier alpha value is -1.89. The number of nitrogens with one attached hydrogen (secondary N) is 2. The minimum Gasteiger partial charge on any atom is -0.325 e. The zero-order valence-electron chi connectivity index (χ0n) is 21.2. The van der Waals surface area contributed by atoms with Gasteiger partial charge >= 0.3 is 0 Å². The van der Waals surface area contributed by atoms with Crippen LogP contribution in [0.3, 0.4) is 0 Å². The summed E-state index contributed by atoms with van der Waals surface area (Å²) in [6, 6.07) is 7.15. The highest BCUT2D eigenvalue weighted by atomic mass is 35.5. The molecule has 2 amide bonds. The number of alkyl halides is 2. The number of amides is 2. The Bertz CT molecular complexity index is 1150. The molecule has 2 N–H and O–H groups in total. The van der Waals surface area contributed by atoms with E-state index in [-0.39, 0.29) is 22.7 Å². The topological polar surface area (TPSA) is 58.2 Å². The van der Waals surface area contributed by atoms with Crippen LogP contribution >= 0.6 is 34.8 Å². The number of fused-ring (bicyclic) bond motifs is 2. The first-order chi connectivity index (χ1) is 17.7. The molecule has 0 aromatic heterocycles. The number of anilines is 2. The Morgan fingerprint density at radius 3 is 1.86 bits per heavy atom. The predicted octanol–water partition coefficient (Wildman–Crippen LogP) is 8.32. The normalized spacial score (nSPS) is 21.6. The van der Waals surface area contributed by atoms with Gasteiger partial charge in [0.05, 0.1) is 21.5 Å². The zero-order valence-corrected chi connectivity index (χ0v) is 23.4. The van der Waals surface area contributed by atoms with Crippen molar-refractivity contribution in [3.8, 4) is 0 Å². The first-order valence-electron chi connectivity index (χ1n) is 12.7. The van der Waals surface area contributed by atoms with Crippen LogP contribution in [-0.2, 0) is 20.4 Å². The molecule has 9 heteroatoms. The Morgan fingerprint density at radius 2 is 1.30 bits per heavy atom. The van der Waals surface area contributed by atoms with Crippen LogP contribution in [0.2, 0.25) is 5.02 Å². The van der Waals surface area contributed by atoms with Crippen molar-refractivity contribution in [2.24, 2.45) is 0 Å². The number of carbonyl (C=O) groups excluding carboxylic acids is 2. The molecule has 2 aromatic carbocycles. The standard InChI is InChI=1S/C14H16Cl2FNO.C14H17ClFNO/c1-2-14(5-3-4-6-15)10-7-9(17)8-11(16)12(10)18-13(14)19;1-2-14(7-3-4-8-15)11-9-10(16)5-6-12(11)17-13(14)18/h7-8H,2-6H2,1H3,(H,18,19);5-6,9H,2-4,7-8H2,1H3,(H,17,18). The number of carbonyl (C=O) groups is 2. The number of unbranched alkanes of at least 4 members (excludes halogenated alkanes) is 2. The summed E-state index contributed by atoms with van der Waals surface area (Å²) in [6.07, 6.45) is 6.11. The zero-order chi connectivity index (χ0) is 27.2. The van der Waals surface area contributed by atoms with Crippen molar-refractivity contribution in [2.45, 2.75) is 76.0 Å². The highest BCUT2D eigenvalue weighted by Gasteiger charge is 2.46. The largest absolute Gasteiger partial charge is 0.325 e. The molecule has 0 spiro atoms. The number of halogens is 5. The SMILES string of the molecule is CCC1(CCCCCl)C(=O)Nc2c(Cl)cc(F)cc21.CCC1(CCCCCl)C(=O)Nc2ccc(F)cc21. The third-order valence-corrected chi connectivity index (χ3v) is 8.44. The van der Waals surface area contributed by atoms with Crippen molar-refractivity contribution in [3.05, 3.63) is 58.1 Å². The Kier molecular flexibility index (Phi) is 10.2. The molecule has 0 aliphatic carbocycles. The van der Waals surface area contributed by atoms with E-state index in [1.165, 1.54) is 24.3 Å². The van der Waals surface area contributed by atoms with E-state index in [2.05, 4.69) is 10.6 Å². The van der Waals surface area contributed by atoms with Gasteiger partial charge in [0.2, 0.25) is 11.8 Å². The van der Waals surface area contributed by atoms with Crippen LogP contribution in [0.5, 0.6) is 0 Å². The molecule has 0 saturated heterocycles. The van der Waals surface area contributed by atoms with Crippen LogP contribution in [0.25, 0.3) is 0 Å². The second kappa shape index (κ2) is 12.8. The fourth-order valence-corrected chi connectivity index (χ4v) is 6.04. The summed E-state index contributed by atoms with van der Waals surface area (Å²) in [7, 11) is 0. The molecule has 2 aliphatic heterocycles. The minimum absolute atomic E-state index is 0.0137. The highest BCUT2D eigenvalue weighted by molar-refractivity contribution is 6.34. The molecule has 0 bridgehead atoms. The van der Waals surface area contributed by atoms with Crippen molar-refractivity contribution in [1.29, 1.82) is 0 Å². The molecule has 2 aromatic rings. The second-order valence-electron chi connectivity index (χ2n) is 9.57. The average Bonchev–Trinajstić information content (AvgIpc) is 3.31. The van der Waals surface area contributed by atoms with Gasteiger partial charge in [-0.15, -0.1) is 23.2 Å². The maximum atomic E-state index is 13.6. The van der Waals surface area contributed by atoms with E-state index in [0.29, 0.717) is 42.3 Å². The van der Waals surface area contributed by atoms with E-state index in [1.54, 1.807) is 6.07 Å². The second-order valence-corrected chi connectivity index (χ2v) is 10.7. The van der Waals surface area contributed by atoms with Gasteiger partial charge in [-0.3, -0.25) is 9.59 Å². The molecule has 2 heterocycles. The lowest BCUT2D eigenvalue weighted by Crippen LogP contribution is -2.33. The summed E-state index contributed by atoms with van der Waals surface area (Å²) < 4.78 is 27.0. The quantitative estimate of drug-likeness (QED) is 0.222. The first-order valence-corrected chi connectivity index (χ1v) is 14.2. The molecule has 2 unspecified atom stereocenters. The maximum Gasteiger partial charge on any atom is 0.235 e. The Morgan fingerprint density at radius 1 is 0.757 bits per heavy atom. The highest BCUT2D eigenvalue weighted by Crippen LogP contribution is 2.47. The smallest absolute Gasteiger partial charge is 0.235 e. The summed E-state index contributed by atoms with van der Waals surface area (Å²) in [6.45, 7) is 3.91. The minimum atomic E-state index is -0.673. The third kappa shape index (κ3) is 5.91. The third-order valence-electron chi connectivity index (χ3n) is 7.61. The summed E-state index contributed by atoms with van der Waals surface area (Å²) >= 11 is 17.4. The van der Waals surface area contributed by atoms with Crippen molar-refractivity contribution in [3.63, 3.8) is 0 Å². The van der Waals surface area contributed by atoms with Crippen LogP contribution in [0.4, 0.5) is 20.2 Å². The molecule has 0 radical (unpaired) electrons. The summed E-state index contributed by atoms with van der Waals surface area (Å²) in [5.41, 5.74) is 1.52. The van der Waals surface area contributed by atoms with Crippen LogP contribution in [-0.4, -0.2) is 23.6 Å². The van der Waals surface area contributed by atoms with Gasteiger partial charge in [0.1, 0.15) is 11.6 Å². The lowest BCUT2D eigenvalue weighted by Gasteiger charge is -2.26. The monoisotopic (exact) mass is 572 g/mol. The summed E-state index contributed by atoms with van der Waals surface area (Å²) in [5.74, 6) is 0.360. The van der Waals surface area contributed by atoms with Gasteiger partial charge in [0.25, 0.3) is 0 Å². The van der Waals surface area contributed by atoms with Crippen molar-refractivity contribution in [2.75, 3.05) is 22.4 Å². The number of hydrogen-bond acceptors (Lipinski definition) is 2. The van der Waals surface area contributed by atoms with Crippen LogP contribution < -0.4 is 10.6 Å². The van der Waals surface area contributed by atoms with Crippen molar-refractivity contribution < 1.29 is 18.4 Å². The van der Waals surface area contributed by atoms with E-state index in [4.69, 9.17) is 34.8 Å². The maximum absolute atomic E-state index is 13.6.